The molecule has 0 bridgehead atoms. The third-order valence-electron chi connectivity index (χ3n) is 4.51. The van der Waals surface area contributed by atoms with Crippen molar-refractivity contribution in [2.75, 3.05) is 11.9 Å². The molecule has 6 nitrogen and oxygen atoms in total. The molecule has 1 aliphatic heterocycles. The highest BCUT2D eigenvalue weighted by atomic mass is 19.4. The Morgan fingerprint density at radius 2 is 1.96 bits per heavy atom. The Morgan fingerprint density at radius 1 is 1.25 bits per heavy atom. The van der Waals surface area contributed by atoms with Gasteiger partial charge in [-0.2, -0.15) is 13.2 Å². The first-order valence-corrected chi connectivity index (χ1v) is 8.88. The first-order chi connectivity index (χ1) is 13.2. The number of hydrogen-bond acceptors (Lipinski definition) is 5. The summed E-state index contributed by atoms with van der Waals surface area (Å²) in [6, 6.07) is 9.02. The van der Waals surface area contributed by atoms with E-state index in [1.807, 2.05) is 31.2 Å². The van der Waals surface area contributed by atoms with Crippen LogP contribution in [0.15, 0.2) is 30.3 Å². The average molecular weight is 395 g/mol. The van der Waals surface area contributed by atoms with E-state index in [9.17, 15) is 18.0 Å². The highest BCUT2D eigenvalue weighted by Crippen LogP contribution is 2.32. The molecule has 1 aromatic heterocycles. The largest absolute Gasteiger partial charge is 0.477 e. The second-order valence-electron chi connectivity index (χ2n) is 6.73. The molecule has 3 rings (SSSR count). The van der Waals surface area contributed by atoms with Crippen molar-refractivity contribution in [2.45, 2.75) is 44.6 Å². The van der Waals surface area contributed by atoms with Crippen LogP contribution in [0.5, 0.6) is 0 Å². The Labute approximate surface area is 159 Å². The van der Waals surface area contributed by atoms with Gasteiger partial charge in [-0.15, -0.1) is 0 Å². The molecule has 0 spiro atoms. The van der Waals surface area contributed by atoms with Crippen molar-refractivity contribution in [1.82, 2.24) is 9.97 Å². The number of nitrogens with zero attached hydrogens (tertiary/aromatic N) is 2. The molecular weight excluding hydrogens is 375 g/mol. The second-order valence-corrected chi connectivity index (χ2v) is 6.73. The van der Waals surface area contributed by atoms with E-state index in [0.29, 0.717) is 0 Å². The fourth-order valence-electron chi connectivity index (χ4n) is 3.07. The summed E-state index contributed by atoms with van der Waals surface area (Å²) in [5.74, 6) is -3.23. The molecule has 0 saturated carbocycles. The van der Waals surface area contributed by atoms with E-state index in [-0.39, 0.29) is 24.6 Å². The summed E-state index contributed by atoms with van der Waals surface area (Å²) < 4.78 is 44.8. The van der Waals surface area contributed by atoms with Crippen LogP contribution in [0.3, 0.4) is 0 Å². The molecule has 0 aliphatic carbocycles. The summed E-state index contributed by atoms with van der Waals surface area (Å²) >= 11 is 0. The number of carboxylic acid groups (broad SMARTS) is 1. The summed E-state index contributed by atoms with van der Waals surface area (Å²) in [6.07, 6.45) is -2.60. The van der Waals surface area contributed by atoms with Crippen LogP contribution in [0.1, 0.15) is 52.8 Å². The van der Waals surface area contributed by atoms with Gasteiger partial charge in [-0.3, -0.25) is 0 Å². The van der Waals surface area contributed by atoms with Crippen LogP contribution in [0.2, 0.25) is 0 Å². The van der Waals surface area contributed by atoms with Gasteiger partial charge in [0.2, 0.25) is 5.82 Å². The Balaban J connectivity index is 1.68. The maximum Gasteiger partial charge on any atom is 0.451 e. The highest BCUT2D eigenvalue weighted by molar-refractivity contribution is 5.86. The lowest BCUT2D eigenvalue weighted by molar-refractivity contribution is -0.144. The van der Waals surface area contributed by atoms with Gasteiger partial charge >= 0.3 is 12.1 Å². The molecule has 150 valence electrons. The van der Waals surface area contributed by atoms with Gasteiger partial charge in [-0.1, -0.05) is 29.8 Å². The molecule has 2 heterocycles. The van der Waals surface area contributed by atoms with E-state index < -0.39 is 23.7 Å². The van der Waals surface area contributed by atoms with E-state index >= 15 is 0 Å². The highest BCUT2D eigenvalue weighted by Gasteiger charge is 2.36. The summed E-state index contributed by atoms with van der Waals surface area (Å²) in [7, 11) is 0. The van der Waals surface area contributed by atoms with Crippen LogP contribution in [-0.2, 0) is 10.9 Å². The van der Waals surface area contributed by atoms with Crippen molar-refractivity contribution < 1.29 is 27.8 Å². The number of anilines is 1. The van der Waals surface area contributed by atoms with E-state index in [1.54, 1.807) is 0 Å². The van der Waals surface area contributed by atoms with Gasteiger partial charge in [0.15, 0.2) is 5.69 Å². The quantitative estimate of drug-likeness (QED) is 0.789. The lowest BCUT2D eigenvalue weighted by atomic mass is 9.97. The maximum atomic E-state index is 12.9. The molecule has 9 heteroatoms. The maximum absolute atomic E-state index is 12.9. The Bertz CT molecular complexity index is 841. The van der Waals surface area contributed by atoms with E-state index in [2.05, 4.69) is 15.3 Å². The molecule has 2 atom stereocenters. The third kappa shape index (κ3) is 4.98. The number of benzene rings is 1. The summed E-state index contributed by atoms with van der Waals surface area (Å²) in [5.41, 5.74) is 1.49. The number of carboxylic acids is 1. The van der Waals surface area contributed by atoms with Crippen molar-refractivity contribution in [3.05, 3.63) is 53.0 Å². The van der Waals surface area contributed by atoms with Crippen LogP contribution in [0.4, 0.5) is 19.0 Å². The van der Waals surface area contributed by atoms with E-state index in [0.717, 1.165) is 36.5 Å². The molecule has 2 N–H and O–H groups in total. The molecule has 1 aliphatic rings. The average Bonchev–Trinajstić information content (AvgIpc) is 2.66. The van der Waals surface area contributed by atoms with Crippen molar-refractivity contribution in [3.63, 3.8) is 0 Å². The number of halogens is 3. The van der Waals surface area contributed by atoms with Crippen molar-refractivity contribution >= 4 is 11.8 Å². The molecule has 0 unspecified atom stereocenters. The van der Waals surface area contributed by atoms with Crippen molar-refractivity contribution in [2.24, 2.45) is 0 Å². The fraction of sp³-hybridized carbons (Fsp3) is 0.421. The van der Waals surface area contributed by atoms with Gasteiger partial charge in [0.1, 0.15) is 5.82 Å². The van der Waals surface area contributed by atoms with Crippen molar-refractivity contribution in [3.8, 4) is 0 Å². The van der Waals surface area contributed by atoms with Gasteiger partial charge in [0.05, 0.1) is 12.2 Å². The standard InChI is InChI=1S/C19H20F3N3O3/c1-11-5-7-12(8-6-11)15-4-2-3-13(28-15)10-23-16-9-14(17(26)27)24-18(25-16)19(20,21)22/h5-9,13,15H,2-4,10H2,1H3,(H,26,27)(H,23,24,25)/t13-,15+/m1/s1. The number of nitrogens with one attached hydrogen (secondary N) is 1. The van der Waals surface area contributed by atoms with Crippen LogP contribution in [0, 0.1) is 6.92 Å². The minimum atomic E-state index is -4.83. The molecule has 1 saturated heterocycles. The predicted molar refractivity (Wildman–Crippen MR) is 95.1 cm³/mol. The van der Waals surface area contributed by atoms with Crippen LogP contribution in [0.25, 0.3) is 0 Å². The Hall–Kier alpha value is -2.68. The number of alkyl halides is 3. The minimum Gasteiger partial charge on any atom is -0.477 e. The molecule has 0 radical (unpaired) electrons. The van der Waals surface area contributed by atoms with E-state index in [1.165, 1.54) is 0 Å². The molecule has 0 amide bonds. The number of ether oxygens (including phenoxy) is 1. The molecule has 1 aromatic carbocycles. The Morgan fingerprint density at radius 3 is 2.61 bits per heavy atom. The normalized spacial score (nSPS) is 20.0. The molecule has 1 fully saturated rings. The molecular formula is C19H20F3N3O3. The van der Waals surface area contributed by atoms with Gasteiger partial charge < -0.3 is 15.2 Å². The topological polar surface area (TPSA) is 84.3 Å². The summed E-state index contributed by atoms with van der Waals surface area (Å²) in [4.78, 5) is 17.5. The number of carbonyl (C=O) groups is 1. The molecule has 28 heavy (non-hydrogen) atoms. The number of aryl methyl sites for hydroxylation is 1. The SMILES string of the molecule is Cc1ccc([C@@H]2CCC[C@H](CNc3cc(C(=O)O)nc(C(F)(F)F)n3)O2)cc1. The number of aromatic nitrogens is 2. The lowest BCUT2D eigenvalue weighted by Gasteiger charge is -2.30. The van der Waals surface area contributed by atoms with Crippen LogP contribution >= 0.6 is 0 Å². The first-order valence-electron chi connectivity index (χ1n) is 8.88. The summed E-state index contributed by atoms with van der Waals surface area (Å²) in [5, 5.41) is 11.8. The van der Waals surface area contributed by atoms with Gasteiger partial charge in [0.25, 0.3) is 0 Å². The third-order valence-corrected chi connectivity index (χ3v) is 4.51. The van der Waals surface area contributed by atoms with Gasteiger partial charge in [0, 0.05) is 12.6 Å². The molecule has 2 aromatic rings. The predicted octanol–water partition coefficient (Wildman–Crippen LogP) is 4.22. The number of hydrogen-bond donors (Lipinski definition) is 2. The second kappa shape index (κ2) is 8.14. The first kappa shape index (κ1) is 20.1. The van der Waals surface area contributed by atoms with Crippen LogP contribution in [-0.4, -0.2) is 33.7 Å². The number of aromatic carboxylic acids is 1. The Kier molecular flexibility index (Phi) is 5.83. The summed E-state index contributed by atoms with van der Waals surface area (Å²) in [6.45, 7) is 2.22. The van der Waals surface area contributed by atoms with Crippen LogP contribution < -0.4 is 5.32 Å². The van der Waals surface area contributed by atoms with Crippen molar-refractivity contribution in [1.29, 1.82) is 0 Å². The lowest BCUT2D eigenvalue weighted by Crippen LogP contribution is -2.29. The fourth-order valence-corrected chi connectivity index (χ4v) is 3.07. The van der Waals surface area contributed by atoms with Gasteiger partial charge in [-0.05, 0) is 31.7 Å². The smallest absolute Gasteiger partial charge is 0.451 e. The van der Waals surface area contributed by atoms with Gasteiger partial charge in [-0.25, -0.2) is 14.8 Å². The minimum absolute atomic E-state index is 0.0770. The van der Waals surface area contributed by atoms with E-state index in [4.69, 9.17) is 9.84 Å². The zero-order chi connectivity index (χ0) is 20.3. The monoisotopic (exact) mass is 395 g/mol. The zero-order valence-corrected chi connectivity index (χ0v) is 15.2. The zero-order valence-electron chi connectivity index (χ0n) is 15.2. The number of rotatable bonds is 5.